The maximum absolute atomic E-state index is 12.8. The van der Waals surface area contributed by atoms with Gasteiger partial charge in [0.2, 0.25) is 0 Å². The van der Waals surface area contributed by atoms with Gasteiger partial charge >= 0.3 is 17.9 Å². The molecule has 0 aromatic carbocycles. The summed E-state index contributed by atoms with van der Waals surface area (Å²) >= 11 is 0. The monoisotopic (exact) mass is 959 g/mol. The molecule has 0 saturated heterocycles. The van der Waals surface area contributed by atoms with Crippen molar-refractivity contribution >= 4 is 17.9 Å². The molecule has 1 atom stereocenters. The minimum atomic E-state index is -0.788. The Bertz CT molecular complexity index is 1380. The lowest BCUT2D eigenvalue weighted by Crippen LogP contribution is -2.30. The average Bonchev–Trinajstić information content (AvgIpc) is 3.35. The highest BCUT2D eigenvalue weighted by Gasteiger charge is 2.19. The second kappa shape index (κ2) is 56.9. The minimum Gasteiger partial charge on any atom is -0.462 e. The number of carbonyl (C=O) groups is 3. The van der Waals surface area contributed by atoms with E-state index in [9.17, 15) is 14.4 Å². The highest BCUT2D eigenvalue weighted by atomic mass is 16.6. The van der Waals surface area contributed by atoms with Crippen molar-refractivity contribution in [1.29, 1.82) is 0 Å². The van der Waals surface area contributed by atoms with Gasteiger partial charge < -0.3 is 14.2 Å². The number of allylic oxidation sites excluding steroid dienone is 16. The number of ether oxygens (including phenoxy) is 3. The molecule has 394 valence electrons. The molecule has 6 heteroatoms. The summed E-state index contributed by atoms with van der Waals surface area (Å²) in [5.74, 6) is -0.914. The molecular weight excluding hydrogens is 853 g/mol. The van der Waals surface area contributed by atoms with Crippen molar-refractivity contribution in [2.45, 2.75) is 271 Å². The normalized spacial score (nSPS) is 12.8. The molecule has 0 aliphatic heterocycles. The molecule has 0 amide bonds. The van der Waals surface area contributed by atoms with Crippen molar-refractivity contribution in [3.05, 3.63) is 97.2 Å². The third-order valence-electron chi connectivity index (χ3n) is 12.1. The van der Waals surface area contributed by atoms with E-state index in [1.54, 1.807) is 0 Å². The van der Waals surface area contributed by atoms with Crippen LogP contribution in [0.4, 0.5) is 0 Å². The maximum atomic E-state index is 12.8. The van der Waals surface area contributed by atoms with Crippen LogP contribution in [0.2, 0.25) is 0 Å². The van der Waals surface area contributed by atoms with Crippen molar-refractivity contribution in [2.75, 3.05) is 13.2 Å². The van der Waals surface area contributed by atoms with Gasteiger partial charge in [-0.15, -0.1) is 0 Å². The van der Waals surface area contributed by atoms with Gasteiger partial charge in [-0.3, -0.25) is 14.4 Å². The van der Waals surface area contributed by atoms with E-state index in [1.165, 1.54) is 89.9 Å². The smallest absolute Gasteiger partial charge is 0.306 e. The number of esters is 3. The standard InChI is InChI=1S/C63H106O6/c1-4-7-10-13-16-19-22-24-26-27-28-29-30-31-32-33-34-35-36-37-38-40-41-44-47-50-53-56-62(65)68-59-60(58-67-61(64)55-52-49-46-43-21-18-15-12-9-6-3)69-63(66)57-54-51-48-45-42-39-25-23-20-17-14-11-8-5-2/h7,10,16,19,23-26,28-29,31-32,34-35,37-38,60H,4-6,8-9,11-15,17-18,20-22,27,30,33,36,39-59H2,1-3H3/b10-7-,19-16-,25-23-,26-24-,29-28-,32-31-,35-34-,38-37-. The van der Waals surface area contributed by atoms with Gasteiger partial charge in [-0.05, 0) is 103 Å². The van der Waals surface area contributed by atoms with Crippen molar-refractivity contribution in [3.63, 3.8) is 0 Å². The number of carbonyl (C=O) groups excluding carboxylic acids is 3. The first-order valence-corrected chi connectivity index (χ1v) is 28.7. The van der Waals surface area contributed by atoms with E-state index in [0.717, 1.165) is 135 Å². The van der Waals surface area contributed by atoms with E-state index in [0.29, 0.717) is 19.3 Å². The molecule has 0 rings (SSSR count). The Kier molecular flexibility index (Phi) is 53.9. The summed E-state index contributed by atoms with van der Waals surface area (Å²) in [7, 11) is 0. The fourth-order valence-electron chi connectivity index (χ4n) is 7.77. The number of hydrogen-bond donors (Lipinski definition) is 0. The van der Waals surface area contributed by atoms with Crippen LogP contribution >= 0.6 is 0 Å². The van der Waals surface area contributed by atoms with Crippen LogP contribution in [0.25, 0.3) is 0 Å². The summed E-state index contributed by atoms with van der Waals surface area (Å²) in [5, 5.41) is 0. The molecule has 0 fully saturated rings. The SMILES string of the molecule is CC/C=C\C/C=C\C/C=C\C/C=C\C/C=C\C/C=C\C/C=C\CCCCCCCC(=O)OCC(COC(=O)CCCCCCCCCCCC)OC(=O)CCCCCCC/C=C\CCCCCCC. The minimum absolute atomic E-state index is 0.0856. The highest BCUT2D eigenvalue weighted by molar-refractivity contribution is 5.71. The van der Waals surface area contributed by atoms with E-state index in [4.69, 9.17) is 14.2 Å². The van der Waals surface area contributed by atoms with E-state index < -0.39 is 6.10 Å². The zero-order valence-corrected chi connectivity index (χ0v) is 45.0. The molecule has 0 spiro atoms. The van der Waals surface area contributed by atoms with Crippen LogP contribution in [0.5, 0.6) is 0 Å². The van der Waals surface area contributed by atoms with Gasteiger partial charge in [0.15, 0.2) is 6.10 Å². The molecular formula is C63H106O6. The quantitative estimate of drug-likeness (QED) is 0.0262. The maximum Gasteiger partial charge on any atom is 0.306 e. The van der Waals surface area contributed by atoms with E-state index in [2.05, 4.69) is 118 Å². The summed E-state index contributed by atoms with van der Waals surface area (Å²) in [4.78, 5) is 38.0. The zero-order valence-electron chi connectivity index (χ0n) is 45.0. The van der Waals surface area contributed by atoms with Crippen LogP contribution in [-0.2, 0) is 28.6 Å². The molecule has 0 heterocycles. The number of rotatable bonds is 51. The van der Waals surface area contributed by atoms with E-state index in [-0.39, 0.29) is 31.1 Å². The summed E-state index contributed by atoms with van der Waals surface area (Å²) < 4.78 is 16.8. The third kappa shape index (κ3) is 55.1. The van der Waals surface area contributed by atoms with Crippen molar-refractivity contribution in [2.24, 2.45) is 0 Å². The van der Waals surface area contributed by atoms with Gasteiger partial charge in [0.05, 0.1) is 0 Å². The molecule has 0 N–H and O–H groups in total. The molecule has 0 saturated carbocycles. The fourth-order valence-corrected chi connectivity index (χ4v) is 7.77. The number of unbranched alkanes of at least 4 members (excludes halogenated alkanes) is 24. The Morgan fingerprint density at radius 3 is 0.899 bits per heavy atom. The summed E-state index contributed by atoms with van der Waals surface area (Å²) in [6, 6.07) is 0. The Morgan fingerprint density at radius 2 is 0.565 bits per heavy atom. The van der Waals surface area contributed by atoms with Crippen LogP contribution in [0.1, 0.15) is 265 Å². The second-order valence-electron chi connectivity index (χ2n) is 18.8. The van der Waals surface area contributed by atoms with E-state index >= 15 is 0 Å². The van der Waals surface area contributed by atoms with Crippen LogP contribution in [-0.4, -0.2) is 37.2 Å². The Balaban J connectivity index is 4.31. The topological polar surface area (TPSA) is 78.9 Å². The first kappa shape index (κ1) is 65.3. The summed E-state index contributed by atoms with van der Waals surface area (Å²) in [5.41, 5.74) is 0. The van der Waals surface area contributed by atoms with Crippen LogP contribution in [0, 0.1) is 0 Å². The lowest BCUT2D eigenvalue weighted by atomic mass is 10.1. The molecule has 0 aromatic rings. The van der Waals surface area contributed by atoms with Crippen LogP contribution in [0.15, 0.2) is 97.2 Å². The Morgan fingerprint density at radius 1 is 0.304 bits per heavy atom. The molecule has 6 nitrogen and oxygen atoms in total. The number of hydrogen-bond acceptors (Lipinski definition) is 6. The van der Waals surface area contributed by atoms with Crippen LogP contribution in [0.3, 0.4) is 0 Å². The molecule has 0 bridgehead atoms. The predicted molar refractivity (Wildman–Crippen MR) is 297 cm³/mol. The molecule has 0 aliphatic carbocycles. The zero-order chi connectivity index (χ0) is 50.0. The van der Waals surface area contributed by atoms with E-state index in [1.807, 2.05) is 0 Å². The van der Waals surface area contributed by atoms with Gasteiger partial charge in [0, 0.05) is 19.3 Å². The van der Waals surface area contributed by atoms with Crippen molar-refractivity contribution in [3.8, 4) is 0 Å². The third-order valence-corrected chi connectivity index (χ3v) is 12.1. The van der Waals surface area contributed by atoms with Gasteiger partial charge in [-0.25, -0.2) is 0 Å². The van der Waals surface area contributed by atoms with Gasteiger partial charge in [0.25, 0.3) is 0 Å². The molecule has 0 aliphatic rings. The van der Waals surface area contributed by atoms with Crippen molar-refractivity contribution in [1.82, 2.24) is 0 Å². The van der Waals surface area contributed by atoms with Gasteiger partial charge in [-0.2, -0.15) is 0 Å². The lowest BCUT2D eigenvalue weighted by Gasteiger charge is -2.18. The molecule has 0 radical (unpaired) electrons. The first-order valence-electron chi connectivity index (χ1n) is 28.7. The van der Waals surface area contributed by atoms with Gasteiger partial charge in [-0.1, -0.05) is 240 Å². The summed E-state index contributed by atoms with van der Waals surface area (Å²) in [6.07, 6.45) is 75.4. The lowest BCUT2D eigenvalue weighted by molar-refractivity contribution is -0.167. The average molecular weight is 960 g/mol. The molecule has 0 aromatic heterocycles. The molecule has 69 heavy (non-hydrogen) atoms. The first-order chi connectivity index (χ1) is 34.0. The van der Waals surface area contributed by atoms with Crippen LogP contribution < -0.4 is 0 Å². The molecule has 1 unspecified atom stereocenters. The highest BCUT2D eigenvalue weighted by Crippen LogP contribution is 2.14. The largest absolute Gasteiger partial charge is 0.462 e. The van der Waals surface area contributed by atoms with Crippen molar-refractivity contribution < 1.29 is 28.6 Å². The Hall–Kier alpha value is -3.67. The predicted octanol–water partition coefficient (Wildman–Crippen LogP) is 19.3. The second-order valence-corrected chi connectivity index (χ2v) is 18.8. The Labute approximate surface area is 426 Å². The fraction of sp³-hybridized carbons (Fsp3) is 0.698. The summed E-state index contributed by atoms with van der Waals surface area (Å²) in [6.45, 7) is 6.48. The van der Waals surface area contributed by atoms with Gasteiger partial charge in [0.1, 0.15) is 13.2 Å².